The van der Waals surface area contributed by atoms with Crippen molar-refractivity contribution in [2.45, 2.75) is 63.8 Å². The number of fused-ring (bicyclic) bond motifs is 5. The number of halogens is 2. The van der Waals surface area contributed by atoms with Gasteiger partial charge < -0.3 is 10.1 Å². The van der Waals surface area contributed by atoms with E-state index in [1.54, 1.807) is 37.8 Å². The number of likely N-dealkylation sites (tertiary alicyclic amines) is 1. The van der Waals surface area contributed by atoms with Crippen LogP contribution in [0.3, 0.4) is 0 Å². The molecule has 3 aliphatic rings. The van der Waals surface area contributed by atoms with Crippen LogP contribution in [0.1, 0.15) is 44.7 Å². The topological polar surface area (TPSA) is 106 Å². The molecular weight excluding hydrogens is 490 g/mol. The molecule has 1 saturated heterocycles. The van der Waals surface area contributed by atoms with Crippen LogP contribution < -0.4 is 5.32 Å². The second kappa shape index (κ2) is 9.40. The summed E-state index contributed by atoms with van der Waals surface area (Å²) in [6.07, 6.45) is 1.14. The zero-order valence-electron chi connectivity index (χ0n) is 21.4. The molecule has 2 bridgehead atoms. The van der Waals surface area contributed by atoms with Crippen LogP contribution in [-0.4, -0.2) is 40.6 Å². The van der Waals surface area contributed by atoms with Gasteiger partial charge >= 0.3 is 6.09 Å². The van der Waals surface area contributed by atoms with Gasteiger partial charge in [0.2, 0.25) is 5.91 Å². The fourth-order valence-electron chi connectivity index (χ4n) is 6.06. The number of ether oxygens (including phenoxy) is 1. The third kappa shape index (κ3) is 4.69. The van der Waals surface area contributed by atoms with Crippen LogP contribution >= 0.6 is 0 Å². The van der Waals surface area contributed by atoms with E-state index >= 15 is 0 Å². The Hall–Kier alpha value is -3.98. The molecule has 1 N–H and O–H groups in total. The monoisotopic (exact) mass is 518 g/mol. The van der Waals surface area contributed by atoms with E-state index in [-0.39, 0.29) is 29.5 Å². The predicted octanol–water partition coefficient (Wildman–Crippen LogP) is 4.70. The summed E-state index contributed by atoms with van der Waals surface area (Å²) in [7, 11) is 0. The number of piperidine rings is 1. The number of benzene rings is 2. The van der Waals surface area contributed by atoms with Crippen LogP contribution in [0.2, 0.25) is 0 Å². The Balaban J connectivity index is 1.29. The molecule has 3 fully saturated rings. The molecule has 1 heterocycles. The van der Waals surface area contributed by atoms with E-state index in [1.165, 1.54) is 30.3 Å². The summed E-state index contributed by atoms with van der Waals surface area (Å²) in [6, 6.07) is 10.4. The van der Waals surface area contributed by atoms with Crippen LogP contribution in [0, 0.1) is 52.1 Å². The molecule has 1 aliphatic heterocycles. The maximum absolute atomic E-state index is 15.0. The molecule has 2 aromatic rings. The fourth-order valence-corrected chi connectivity index (χ4v) is 6.06. The minimum Gasteiger partial charge on any atom is -0.444 e. The van der Waals surface area contributed by atoms with E-state index < -0.39 is 41.3 Å². The van der Waals surface area contributed by atoms with Gasteiger partial charge in [-0.15, -0.1) is 0 Å². The second-order valence-electron chi connectivity index (χ2n) is 11.4. The van der Waals surface area contributed by atoms with E-state index in [2.05, 4.69) is 5.32 Å². The number of rotatable bonds is 5. The number of carbonyl (C=O) groups excluding carboxylic acids is 2. The molecule has 5 rings (SSSR count). The molecule has 2 aliphatic carbocycles. The number of nitriles is 2. The van der Waals surface area contributed by atoms with Crippen LogP contribution in [0.25, 0.3) is 11.1 Å². The first-order chi connectivity index (χ1) is 18.0. The largest absolute Gasteiger partial charge is 0.444 e. The number of carbonyl (C=O) groups is 2. The number of nitrogens with zero attached hydrogens (tertiary/aromatic N) is 3. The highest BCUT2D eigenvalue weighted by atomic mass is 19.1. The zero-order chi connectivity index (χ0) is 27.4. The van der Waals surface area contributed by atoms with E-state index in [1.807, 2.05) is 6.07 Å². The van der Waals surface area contributed by atoms with Gasteiger partial charge in [0.1, 0.15) is 35.4 Å². The van der Waals surface area contributed by atoms with Crippen molar-refractivity contribution < 1.29 is 23.1 Å². The maximum atomic E-state index is 15.0. The summed E-state index contributed by atoms with van der Waals surface area (Å²) in [6.45, 7) is 5.33. The number of hydrogen-bond acceptors (Lipinski definition) is 5. The average Bonchev–Trinajstić information content (AvgIpc) is 3.46. The maximum Gasteiger partial charge on any atom is 0.411 e. The summed E-state index contributed by atoms with van der Waals surface area (Å²) in [5, 5.41) is 21.4. The Kier molecular flexibility index (Phi) is 6.35. The predicted molar refractivity (Wildman–Crippen MR) is 133 cm³/mol. The van der Waals surface area contributed by atoms with Crippen molar-refractivity contribution in [1.82, 2.24) is 10.2 Å². The van der Waals surface area contributed by atoms with Crippen molar-refractivity contribution in [3.63, 3.8) is 0 Å². The molecule has 6 atom stereocenters. The first-order valence-electron chi connectivity index (χ1n) is 12.7. The first kappa shape index (κ1) is 25.7. The lowest BCUT2D eigenvalue weighted by Crippen LogP contribution is -2.56. The molecule has 9 heteroatoms. The standard InChI is InChI=1S/C29H28F2N4O3/c1-29(2,3)38-28(37)35-25-12-22(20-11-21(20)25)26(35)27(36)34-19(14-33)8-17-6-4-15(9-23(17)30)16-5-7-18(13-32)24(31)10-16/h4-7,9-10,19-22,25-26H,8,11-12H2,1-3H3,(H,34,36)/t19-,20+,21-,22+,25-,26-/m0/s1. The molecule has 7 nitrogen and oxygen atoms in total. The van der Waals surface area contributed by atoms with Gasteiger partial charge in [0.15, 0.2) is 0 Å². The normalized spacial score (nSPS) is 25.7. The lowest BCUT2D eigenvalue weighted by atomic mass is 9.95. The molecule has 0 aromatic heterocycles. The SMILES string of the molecule is CC(C)(C)OC(=O)N1[C@H](C(=O)N[C@H](C#N)Cc2ccc(-c3ccc(C#N)c(F)c3)cc2F)[C@@H]2C[C@H]1[C@H]1C[C@@H]21. The smallest absolute Gasteiger partial charge is 0.411 e. The van der Waals surface area contributed by atoms with E-state index in [0.29, 0.717) is 23.0 Å². The summed E-state index contributed by atoms with van der Waals surface area (Å²) in [4.78, 5) is 27.9. The van der Waals surface area contributed by atoms with E-state index in [4.69, 9.17) is 10.00 Å². The Morgan fingerprint density at radius 2 is 1.74 bits per heavy atom. The van der Waals surface area contributed by atoms with Crippen LogP contribution in [-0.2, 0) is 16.0 Å². The van der Waals surface area contributed by atoms with Crippen molar-refractivity contribution in [2.75, 3.05) is 0 Å². The third-order valence-electron chi connectivity index (χ3n) is 7.76. The first-order valence-corrected chi connectivity index (χ1v) is 12.7. The molecule has 196 valence electrons. The summed E-state index contributed by atoms with van der Waals surface area (Å²) in [5.74, 6) is -0.878. The molecule has 0 radical (unpaired) electrons. The molecule has 0 spiro atoms. The van der Waals surface area contributed by atoms with Gasteiger partial charge in [0.05, 0.1) is 11.6 Å². The zero-order valence-corrected chi connectivity index (χ0v) is 21.4. The van der Waals surface area contributed by atoms with Crippen molar-refractivity contribution in [3.05, 3.63) is 59.2 Å². The summed E-state index contributed by atoms with van der Waals surface area (Å²) >= 11 is 0. The molecule has 2 aromatic carbocycles. The van der Waals surface area contributed by atoms with Gasteiger partial charge in [-0.05, 0) is 86.3 Å². The number of hydrogen-bond donors (Lipinski definition) is 1. The second-order valence-corrected chi connectivity index (χ2v) is 11.4. The Bertz CT molecular complexity index is 1390. The minimum absolute atomic E-state index is 0.0284. The van der Waals surface area contributed by atoms with Crippen LogP contribution in [0.4, 0.5) is 13.6 Å². The molecule has 38 heavy (non-hydrogen) atoms. The Labute approximate surface area is 220 Å². The number of amides is 2. The van der Waals surface area contributed by atoms with Crippen molar-refractivity contribution >= 4 is 12.0 Å². The Morgan fingerprint density at radius 3 is 2.34 bits per heavy atom. The average molecular weight is 519 g/mol. The third-order valence-corrected chi connectivity index (χ3v) is 7.76. The summed E-state index contributed by atoms with van der Waals surface area (Å²) in [5.41, 5.74) is 0.242. The highest BCUT2D eigenvalue weighted by molar-refractivity contribution is 5.88. The van der Waals surface area contributed by atoms with Crippen LogP contribution in [0.5, 0.6) is 0 Å². The lowest BCUT2D eigenvalue weighted by Gasteiger charge is -2.35. The van der Waals surface area contributed by atoms with E-state index in [0.717, 1.165) is 12.8 Å². The summed E-state index contributed by atoms with van der Waals surface area (Å²) < 4.78 is 34.6. The van der Waals surface area contributed by atoms with E-state index in [9.17, 15) is 23.6 Å². The quantitative estimate of drug-likeness (QED) is 0.618. The van der Waals surface area contributed by atoms with Gasteiger partial charge in [-0.3, -0.25) is 9.69 Å². The lowest BCUT2D eigenvalue weighted by molar-refractivity contribution is -0.128. The molecular formula is C29H28F2N4O3. The molecule has 2 saturated carbocycles. The van der Waals surface area contributed by atoms with Gasteiger partial charge in [-0.25, -0.2) is 13.6 Å². The van der Waals surface area contributed by atoms with Crippen molar-refractivity contribution in [1.29, 1.82) is 10.5 Å². The van der Waals surface area contributed by atoms with Gasteiger partial charge in [0, 0.05) is 12.5 Å². The van der Waals surface area contributed by atoms with Gasteiger partial charge in [-0.1, -0.05) is 18.2 Å². The van der Waals surface area contributed by atoms with Gasteiger partial charge in [0.25, 0.3) is 0 Å². The van der Waals surface area contributed by atoms with Crippen LogP contribution in [0.15, 0.2) is 36.4 Å². The molecule has 0 unspecified atom stereocenters. The number of nitrogens with one attached hydrogen (secondary N) is 1. The fraction of sp³-hybridized carbons (Fsp3) is 0.448. The van der Waals surface area contributed by atoms with Crippen molar-refractivity contribution in [2.24, 2.45) is 17.8 Å². The highest BCUT2D eigenvalue weighted by Crippen LogP contribution is 2.63. The van der Waals surface area contributed by atoms with Crippen molar-refractivity contribution in [3.8, 4) is 23.3 Å². The minimum atomic E-state index is -1.01. The van der Waals surface area contributed by atoms with Gasteiger partial charge in [-0.2, -0.15) is 10.5 Å². The molecule has 2 amide bonds. The highest BCUT2D eigenvalue weighted by Gasteiger charge is 2.67. The Morgan fingerprint density at radius 1 is 1.05 bits per heavy atom.